The third-order valence-corrected chi connectivity index (χ3v) is 2.44. The van der Waals surface area contributed by atoms with Gasteiger partial charge < -0.3 is 0 Å². The summed E-state index contributed by atoms with van der Waals surface area (Å²) in [5, 5.41) is 0.211. The summed E-state index contributed by atoms with van der Waals surface area (Å²) >= 11 is 0. The van der Waals surface area contributed by atoms with Gasteiger partial charge in [-0.3, -0.25) is 4.79 Å². The minimum atomic E-state index is -5.71. The van der Waals surface area contributed by atoms with Crippen LogP contribution >= 0.6 is 0 Å². The van der Waals surface area contributed by atoms with Crippen molar-refractivity contribution in [1.29, 1.82) is 0 Å². The fourth-order valence-electron chi connectivity index (χ4n) is 0.863. The molecule has 1 saturated heterocycles. The molecule has 0 spiro atoms. The first-order chi connectivity index (χ1) is 6.24. The molecular formula is C5H6F3NO4S. The van der Waals surface area contributed by atoms with E-state index in [0.717, 1.165) is 0 Å². The zero-order valence-electron chi connectivity index (χ0n) is 6.74. The molecule has 0 aromatic heterocycles. The SMILES string of the molecule is O=C1CCCN1OS(=O)(=O)C(F)(F)F. The number of nitrogens with zero attached hydrogens (tertiary/aromatic N) is 1. The maximum atomic E-state index is 11.8. The van der Waals surface area contributed by atoms with Gasteiger partial charge in [0.2, 0.25) is 5.91 Å². The second kappa shape index (κ2) is 3.39. The predicted octanol–water partition coefficient (Wildman–Crippen LogP) is 0.390. The third kappa shape index (κ3) is 2.15. The molecule has 9 heteroatoms. The first-order valence-electron chi connectivity index (χ1n) is 3.55. The van der Waals surface area contributed by atoms with Crippen LogP contribution in [0.4, 0.5) is 13.2 Å². The lowest BCUT2D eigenvalue weighted by Crippen LogP contribution is -2.35. The Morgan fingerprint density at radius 3 is 2.29 bits per heavy atom. The fourth-order valence-corrected chi connectivity index (χ4v) is 1.34. The summed E-state index contributed by atoms with van der Waals surface area (Å²) in [5.74, 6) is -0.766. The summed E-state index contributed by atoms with van der Waals surface area (Å²) in [6, 6.07) is 0. The lowest BCUT2D eigenvalue weighted by atomic mass is 10.4. The third-order valence-electron chi connectivity index (χ3n) is 1.50. The van der Waals surface area contributed by atoms with Gasteiger partial charge in [0, 0.05) is 6.42 Å². The molecular weight excluding hydrogens is 227 g/mol. The van der Waals surface area contributed by atoms with Crippen LogP contribution in [0.15, 0.2) is 0 Å². The highest BCUT2D eigenvalue weighted by Crippen LogP contribution is 2.26. The molecule has 1 aliphatic rings. The van der Waals surface area contributed by atoms with E-state index < -0.39 is 21.5 Å². The first kappa shape index (κ1) is 11.2. The van der Waals surface area contributed by atoms with Gasteiger partial charge in [-0.2, -0.15) is 21.6 Å². The maximum Gasteiger partial charge on any atom is 0.525 e. The molecule has 1 amide bonds. The lowest BCUT2D eigenvalue weighted by molar-refractivity contribution is -0.153. The molecule has 0 aliphatic carbocycles. The summed E-state index contributed by atoms with van der Waals surface area (Å²) in [5.41, 5.74) is -5.50. The lowest BCUT2D eigenvalue weighted by Gasteiger charge is -2.15. The van der Waals surface area contributed by atoms with Crippen molar-refractivity contribution in [2.24, 2.45) is 0 Å². The van der Waals surface area contributed by atoms with Crippen molar-refractivity contribution in [3.05, 3.63) is 0 Å². The minimum absolute atomic E-state index is 0.00657. The van der Waals surface area contributed by atoms with E-state index in [0.29, 0.717) is 0 Å². The quantitative estimate of drug-likeness (QED) is 0.647. The number of hydrogen-bond acceptors (Lipinski definition) is 4. The van der Waals surface area contributed by atoms with E-state index >= 15 is 0 Å². The van der Waals surface area contributed by atoms with E-state index in [-0.39, 0.29) is 24.4 Å². The molecule has 1 heterocycles. The Balaban J connectivity index is 2.74. The Morgan fingerprint density at radius 1 is 1.36 bits per heavy atom. The Morgan fingerprint density at radius 2 is 1.93 bits per heavy atom. The van der Waals surface area contributed by atoms with Crippen LogP contribution in [0.3, 0.4) is 0 Å². The second-order valence-electron chi connectivity index (χ2n) is 2.57. The molecule has 0 bridgehead atoms. The van der Waals surface area contributed by atoms with Crippen LogP contribution in [0.5, 0.6) is 0 Å². The van der Waals surface area contributed by atoms with Crippen molar-refractivity contribution < 1.29 is 30.7 Å². The molecule has 5 nitrogen and oxygen atoms in total. The van der Waals surface area contributed by atoms with Gasteiger partial charge in [-0.05, 0) is 6.42 Å². The summed E-state index contributed by atoms with van der Waals surface area (Å²) < 4.78 is 59.7. The van der Waals surface area contributed by atoms with E-state index in [1.807, 2.05) is 0 Å². The Labute approximate surface area is 77.5 Å². The standard InChI is InChI=1S/C5H6F3NO4S/c6-5(7,8)14(11,12)13-9-3-1-2-4(9)10/h1-3H2. The molecule has 82 valence electrons. The predicted molar refractivity (Wildman–Crippen MR) is 37.0 cm³/mol. The highest BCUT2D eigenvalue weighted by atomic mass is 32.2. The number of amides is 1. The van der Waals surface area contributed by atoms with Gasteiger partial charge in [-0.25, -0.2) is 5.06 Å². The van der Waals surface area contributed by atoms with Gasteiger partial charge in [0.25, 0.3) is 0 Å². The molecule has 0 saturated carbocycles. The van der Waals surface area contributed by atoms with Gasteiger partial charge in [-0.15, -0.1) is 4.28 Å². The normalized spacial score (nSPS) is 19.1. The largest absolute Gasteiger partial charge is 0.525 e. The average Bonchev–Trinajstić information content (AvgIpc) is 2.33. The fraction of sp³-hybridized carbons (Fsp3) is 0.800. The van der Waals surface area contributed by atoms with Gasteiger partial charge in [0.1, 0.15) is 0 Å². The highest BCUT2D eigenvalue weighted by molar-refractivity contribution is 7.87. The summed E-state index contributed by atoms with van der Waals surface area (Å²) in [6.45, 7) is -0.145. The molecule has 0 atom stereocenters. The minimum Gasteiger partial charge on any atom is -0.273 e. The van der Waals surface area contributed by atoms with E-state index in [2.05, 4.69) is 4.28 Å². The number of carbonyl (C=O) groups is 1. The van der Waals surface area contributed by atoms with E-state index in [1.165, 1.54) is 0 Å². The smallest absolute Gasteiger partial charge is 0.273 e. The van der Waals surface area contributed by atoms with Crippen molar-refractivity contribution in [2.75, 3.05) is 6.54 Å². The number of alkyl halides is 3. The molecule has 14 heavy (non-hydrogen) atoms. The molecule has 0 radical (unpaired) electrons. The van der Waals surface area contributed by atoms with Crippen LogP contribution in [-0.4, -0.2) is 31.4 Å². The van der Waals surface area contributed by atoms with Crippen molar-refractivity contribution in [3.63, 3.8) is 0 Å². The average molecular weight is 233 g/mol. The number of carbonyl (C=O) groups excluding carboxylic acids is 1. The molecule has 1 rings (SSSR count). The molecule has 0 aromatic rings. The van der Waals surface area contributed by atoms with E-state index in [4.69, 9.17) is 0 Å². The number of halogens is 3. The number of hydroxylamine groups is 2. The van der Waals surface area contributed by atoms with E-state index in [9.17, 15) is 26.4 Å². The number of rotatable bonds is 2. The summed E-state index contributed by atoms with van der Waals surface area (Å²) in [4.78, 5) is 10.7. The van der Waals surface area contributed by atoms with Crippen molar-refractivity contribution in [3.8, 4) is 0 Å². The van der Waals surface area contributed by atoms with Crippen LogP contribution in [0.2, 0.25) is 0 Å². The monoisotopic (exact) mass is 233 g/mol. The highest BCUT2D eigenvalue weighted by Gasteiger charge is 2.49. The van der Waals surface area contributed by atoms with Crippen LogP contribution in [0, 0.1) is 0 Å². The maximum absolute atomic E-state index is 11.8. The Bertz CT molecular complexity index is 335. The van der Waals surface area contributed by atoms with Crippen LogP contribution in [-0.2, 0) is 19.2 Å². The van der Waals surface area contributed by atoms with Crippen molar-refractivity contribution in [2.45, 2.75) is 18.3 Å². The molecule has 0 aromatic carbocycles. The van der Waals surface area contributed by atoms with E-state index in [1.54, 1.807) is 0 Å². The van der Waals surface area contributed by atoms with Gasteiger partial charge in [0.15, 0.2) is 0 Å². The molecule has 0 N–H and O–H groups in total. The zero-order valence-corrected chi connectivity index (χ0v) is 7.56. The zero-order chi connectivity index (χ0) is 11.0. The van der Waals surface area contributed by atoms with Gasteiger partial charge in [0.05, 0.1) is 6.54 Å². The van der Waals surface area contributed by atoms with Crippen molar-refractivity contribution in [1.82, 2.24) is 5.06 Å². The van der Waals surface area contributed by atoms with Crippen LogP contribution in [0.1, 0.15) is 12.8 Å². The van der Waals surface area contributed by atoms with Gasteiger partial charge in [-0.1, -0.05) is 0 Å². The van der Waals surface area contributed by atoms with Crippen LogP contribution < -0.4 is 0 Å². The van der Waals surface area contributed by atoms with Crippen molar-refractivity contribution >= 4 is 16.0 Å². The molecule has 1 fully saturated rings. The first-order valence-corrected chi connectivity index (χ1v) is 4.96. The van der Waals surface area contributed by atoms with Gasteiger partial charge >= 0.3 is 15.6 Å². The second-order valence-corrected chi connectivity index (χ2v) is 4.09. The summed E-state index contributed by atoms with van der Waals surface area (Å²) in [6.07, 6.45) is 0.277. The Kier molecular flexibility index (Phi) is 2.72. The number of hydrogen-bond donors (Lipinski definition) is 0. The Hall–Kier alpha value is -0.830. The molecule has 1 aliphatic heterocycles. The summed E-state index contributed by atoms with van der Waals surface area (Å²) in [7, 11) is -5.71. The van der Waals surface area contributed by atoms with Crippen LogP contribution in [0.25, 0.3) is 0 Å². The molecule has 0 unspecified atom stereocenters. The topological polar surface area (TPSA) is 63.7 Å².